The van der Waals surface area contributed by atoms with Crippen LogP contribution < -0.4 is 9.64 Å². The topological polar surface area (TPSA) is 69.9 Å². The van der Waals surface area contributed by atoms with Gasteiger partial charge in [-0.25, -0.2) is 4.39 Å². The fourth-order valence-corrected chi connectivity index (χ4v) is 5.30. The van der Waals surface area contributed by atoms with Gasteiger partial charge in [0, 0.05) is 23.3 Å². The van der Waals surface area contributed by atoms with Crippen molar-refractivity contribution in [2.45, 2.75) is 49.6 Å². The molecule has 0 radical (unpaired) electrons. The normalized spacial score (nSPS) is 23.0. The number of methoxy groups -OCH3 is 1. The zero-order chi connectivity index (χ0) is 29.5. The highest BCUT2D eigenvalue weighted by atomic mass is 19.4. The third kappa shape index (κ3) is 5.91. The summed E-state index contributed by atoms with van der Waals surface area (Å²) in [6.45, 7) is -1.53. The van der Waals surface area contributed by atoms with Crippen molar-refractivity contribution in [3.63, 3.8) is 0 Å². The van der Waals surface area contributed by atoms with E-state index in [1.54, 1.807) is 18.2 Å². The van der Waals surface area contributed by atoms with E-state index in [1.807, 2.05) is 0 Å². The van der Waals surface area contributed by atoms with Gasteiger partial charge in [0.25, 0.3) is 5.91 Å². The Kier molecular flexibility index (Phi) is 7.51. The van der Waals surface area contributed by atoms with E-state index in [4.69, 9.17) is 4.74 Å². The quantitative estimate of drug-likeness (QED) is 0.379. The van der Waals surface area contributed by atoms with E-state index in [0.29, 0.717) is 21.8 Å². The zero-order valence-electron chi connectivity index (χ0n) is 21.6. The van der Waals surface area contributed by atoms with Crippen molar-refractivity contribution in [1.29, 1.82) is 0 Å². The minimum atomic E-state index is -4.72. The number of hydrogen-bond donors (Lipinski definition) is 0. The second kappa shape index (κ2) is 10.8. The summed E-state index contributed by atoms with van der Waals surface area (Å²) in [4.78, 5) is 17.4. The Balaban J connectivity index is 1.37. The van der Waals surface area contributed by atoms with Gasteiger partial charge in [0.05, 0.1) is 19.3 Å². The van der Waals surface area contributed by atoms with Crippen LogP contribution in [0.5, 0.6) is 5.75 Å². The van der Waals surface area contributed by atoms with Crippen LogP contribution in [0.1, 0.15) is 41.5 Å². The molecular weight excluding hydrogens is 559 g/mol. The molecule has 1 amide bonds. The van der Waals surface area contributed by atoms with Crippen LogP contribution in [0.2, 0.25) is 0 Å². The number of benzene rings is 2. The first-order valence-electron chi connectivity index (χ1n) is 12.7. The number of fused-ring (bicyclic) bond motifs is 1. The molecule has 3 heterocycles. The SMILES string of the molecule is COc1cc(C2CN(C3CCc4c(F)cccc4N(CC(F)(F)F)C3=O)N=N2)ccc1C1C=C(C(F)(F)F)N=CC1. The lowest BCUT2D eigenvalue weighted by Gasteiger charge is -2.29. The second-order valence-corrected chi connectivity index (χ2v) is 9.88. The highest BCUT2D eigenvalue weighted by Gasteiger charge is 2.42. The summed E-state index contributed by atoms with van der Waals surface area (Å²) >= 11 is 0. The average Bonchev–Trinajstić information content (AvgIpc) is 3.36. The molecule has 5 rings (SSSR count). The maximum Gasteiger partial charge on any atom is 0.433 e. The van der Waals surface area contributed by atoms with Gasteiger partial charge in [-0.05, 0) is 49.1 Å². The summed E-state index contributed by atoms with van der Waals surface area (Å²) in [6, 6.07) is 6.84. The van der Waals surface area contributed by atoms with Gasteiger partial charge >= 0.3 is 12.4 Å². The first-order valence-corrected chi connectivity index (χ1v) is 12.7. The summed E-state index contributed by atoms with van der Waals surface area (Å²) in [5.41, 5.74) is 0.00516. The predicted octanol–water partition coefficient (Wildman–Crippen LogP) is 6.47. The van der Waals surface area contributed by atoms with Crippen molar-refractivity contribution in [1.82, 2.24) is 5.01 Å². The van der Waals surface area contributed by atoms with Gasteiger partial charge in [0.1, 0.15) is 35.9 Å². The smallest absolute Gasteiger partial charge is 0.433 e. The van der Waals surface area contributed by atoms with E-state index in [9.17, 15) is 35.5 Å². The Labute approximate surface area is 230 Å². The maximum absolute atomic E-state index is 14.5. The molecule has 0 saturated carbocycles. The molecule has 7 nitrogen and oxygen atoms in total. The molecule has 14 heteroatoms. The number of carbonyl (C=O) groups is 1. The van der Waals surface area contributed by atoms with Crippen LogP contribution in [0.4, 0.5) is 36.4 Å². The molecule has 0 aliphatic carbocycles. The summed E-state index contributed by atoms with van der Waals surface area (Å²) in [7, 11) is 1.38. The largest absolute Gasteiger partial charge is 0.496 e. The molecule has 0 N–H and O–H groups in total. The Morgan fingerprint density at radius 1 is 1.10 bits per heavy atom. The molecule has 218 valence electrons. The molecule has 3 unspecified atom stereocenters. The van der Waals surface area contributed by atoms with Gasteiger partial charge in [0.15, 0.2) is 0 Å². The maximum atomic E-state index is 14.5. The molecule has 0 fully saturated rings. The van der Waals surface area contributed by atoms with E-state index in [-0.39, 0.29) is 37.1 Å². The molecule has 2 aromatic rings. The summed E-state index contributed by atoms with van der Waals surface area (Å²) in [5.74, 6) is -1.87. The number of anilines is 1. The minimum absolute atomic E-state index is 0.0180. The predicted molar refractivity (Wildman–Crippen MR) is 134 cm³/mol. The number of allylic oxidation sites excluding steroid dienone is 2. The first kappa shape index (κ1) is 28.6. The van der Waals surface area contributed by atoms with Crippen molar-refractivity contribution in [3.8, 4) is 5.75 Å². The third-order valence-electron chi connectivity index (χ3n) is 7.25. The Hall–Kier alpha value is -3.97. The molecule has 3 atom stereocenters. The van der Waals surface area contributed by atoms with Crippen LogP contribution in [-0.2, 0) is 11.2 Å². The first-order chi connectivity index (χ1) is 19.4. The van der Waals surface area contributed by atoms with Gasteiger partial charge in [-0.2, -0.15) is 31.5 Å². The molecule has 0 spiro atoms. The summed E-state index contributed by atoms with van der Waals surface area (Å²) in [6.07, 6.45) is -6.78. The number of carbonyl (C=O) groups excluding carboxylic acids is 1. The molecule has 0 saturated heterocycles. The lowest BCUT2D eigenvalue weighted by Crippen LogP contribution is -2.49. The van der Waals surface area contributed by atoms with Gasteiger partial charge in [-0.3, -0.25) is 14.8 Å². The molecule has 41 heavy (non-hydrogen) atoms. The van der Waals surface area contributed by atoms with E-state index in [1.165, 1.54) is 30.5 Å². The number of ether oxygens (including phenoxy) is 1. The molecule has 0 aromatic heterocycles. The monoisotopic (exact) mass is 583 g/mol. The number of hydrogen-bond acceptors (Lipinski definition) is 6. The Morgan fingerprint density at radius 3 is 2.59 bits per heavy atom. The number of nitrogens with zero attached hydrogens (tertiary/aromatic N) is 5. The average molecular weight is 584 g/mol. The minimum Gasteiger partial charge on any atom is -0.496 e. The van der Waals surface area contributed by atoms with Gasteiger partial charge in [-0.1, -0.05) is 23.4 Å². The zero-order valence-corrected chi connectivity index (χ0v) is 21.6. The van der Waals surface area contributed by atoms with Gasteiger partial charge in [0.2, 0.25) is 0 Å². The standard InChI is InChI=1S/C27H24F7N5O2/c1-41-23-11-16(5-6-17(23)15-9-10-35-24(12-15)27(32,33)34)20-13-39(37-36-20)22-8-7-18-19(28)3-2-4-21(18)38(25(22)40)14-26(29,30)31/h2-6,10-12,15,20,22H,7-9,13-14H2,1H3. The van der Waals surface area contributed by atoms with E-state index >= 15 is 0 Å². The van der Waals surface area contributed by atoms with Gasteiger partial charge < -0.3 is 9.64 Å². The molecule has 2 aromatic carbocycles. The Bertz CT molecular complexity index is 1420. The van der Waals surface area contributed by atoms with Crippen LogP contribution in [0.3, 0.4) is 0 Å². The Morgan fingerprint density at radius 2 is 1.88 bits per heavy atom. The van der Waals surface area contributed by atoms with Crippen LogP contribution >= 0.6 is 0 Å². The number of halogens is 7. The fraction of sp³-hybridized carbons (Fsp3) is 0.407. The lowest BCUT2D eigenvalue weighted by molar-refractivity contribution is -0.135. The summed E-state index contributed by atoms with van der Waals surface area (Å²) < 4.78 is 99.8. The van der Waals surface area contributed by atoms with Crippen molar-refractivity contribution in [3.05, 3.63) is 70.7 Å². The highest BCUT2D eigenvalue weighted by Crippen LogP contribution is 2.40. The fourth-order valence-electron chi connectivity index (χ4n) is 5.30. The third-order valence-corrected chi connectivity index (χ3v) is 7.25. The number of aliphatic imine (C=N–C) groups is 1. The van der Waals surface area contributed by atoms with E-state index in [2.05, 4.69) is 15.3 Å². The van der Waals surface area contributed by atoms with Crippen LogP contribution in [0.15, 0.2) is 63.5 Å². The molecule has 3 aliphatic heterocycles. The van der Waals surface area contributed by atoms with Crippen molar-refractivity contribution < 1.29 is 40.3 Å². The molecule has 3 aliphatic rings. The van der Waals surface area contributed by atoms with E-state index in [0.717, 1.165) is 12.1 Å². The van der Waals surface area contributed by atoms with Crippen LogP contribution in [0, 0.1) is 5.82 Å². The van der Waals surface area contributed by atoms with Gasteiger partial charge in [-0.15, -0.1) is 0 Å². The summed E-state index contributed by atoms with van der Waals surface area (Å²) in [5, 5.41) is 9.58. The number of amides is 1. The highest BCUT2D eigenvalue weighted by molar-refractivity contribution is 5.98. The van der Waals surface area contributed by atoms with Crippen molar-refractivity contribution in [2.24, 2.45) is 15.3 Å². The lowest BCUT2D eigenvalue weighted by atomic mass is 9.91. The molecule has 0 bridgehead atoms. The number of alkyl halides is 6. The van der Waals surface area contributed by atoms with E-state index < -0.39 is 54.3 Å². The second-order valence-electron chi connectivity index (χ2n) is 9.88. The number of rotatable bonds is 5. The van der Waals surface area contributed by atoms with Crippen molar-refractivity contribution >= 4 is 17.8 Å². The van der Waals surface area contributed by atoms with Crippen LogP contribution in [-0.4, -0.2) is 55.7 Å². The molecular formula is C27H24F7N5O2. The van der Waals surface area contributed by atoms with Crippen molar-refractivity contribution in [2.75, 3.05) is 25.1 Å². The van der Waals surface area contributed by atoms with Crippen LogP contribution in [0.25, 0.3) is 0 Å².